The van der Waals surface area contributed by atoms with Crippen molar-refractivity contribution < 1.29 is 21.9 Å². The highest BCUT2D eigenvalue weighted by molar-refractivity contribution is 7.92. The van der Waals surface area contributed by atoms with Gasteiger partial charge in [-0.2, -0.15) is 8.78 Å². The van der Waals surface area contributed by atoms with Gasteiger partial charge in [0.25, 0.3) is 6.08 Å². The molecule has 0 spiro atoms. The van der Waals surface area contributed by atoms with Gasteiger partial charge in [0.2, 0.25) is 10.0 Å². The van der Waals surface area contributed by atoms with E-state index in [1.54, 1.807) is 18.2 Å². The first-order chi connectivity index (χ1) is 8.82. The first-order valence-corrected chi connectivity index (χ1v) is 7.36. The number of benzene rings is 1. The second-order valence-corrected chi connectivity index (χ2v) is 6.19. The van der Waals surface area contributed by atoms with Crippen molar-refractivity contribution in [1.29, 1.82) is 0 Å². The average Bonchev–Trinajstić information content (AvgIpc) is 2.66. The monoisotopic (exact) mass is 289 g/mol. The molecule has 1 aromatic carbocycles. The van der Waals surface area contributed by atoms with Crippen molar-refractivity contribution in [3.63, 3.8) is 0 Å². The Morgan fingerprint density at radius 3 is 2.68 bits per heavy atom. The van der Waals surface area contributed by atoms with Crippen LogP contribution < -0.4 is 9.04 Å². The molecule has 4 nitrogen and oxygen atoms in total. The summed E-state index contributed by atoms with van der Waals surface area (Å²) in [6, 6.07) is 4.76. The van der Waals surface area contributed by atoms with Crippen LogP contribution in [0.1, 0.15) is 11.5 Å². The molecule has 1 aliphatic heterocycles. The average molecular weight is 289 g/mol. The first-order valence-electron chi connectivity index (χ1n) is 5.51. The summed E-state index contributed by atoms with van der Waals surface area (Å²) in [7, 11) is -2.02. The number of fused-ring (bicyclic) bond motifs is 1. The van der Waals surface area contributed by atoms with E-state index in [1.165, 1.54) is 7.11 Å². The molecule has 0 N–H and O–H groups in total. The fraction of sp³-hybridized carbons (Fsp3) is 0.333. The van der Waals surface area contributed by atoms with Crippen molar-refractivity contribution in [3.05, 3.63) is 35.9 Å². The van der Waals surface area contributed by atoms with Crippen molar-refractivity contribution in [1.82, 2.24) is 0 Å². The molecule has 1 atom stereocenters. The number of rotatable bonds is 3. The third kappa shape index (κ3) is 2.70. The molecule has 7 heteroatoms. The second kappa shape index (κ2) is 4.80. The molecule has 19 heavy (non-hydrogen) atoms. The van der Waals surface area contributed by atoms with E-state index < -0.39 is 22.0 Å². The van der Waals surface area contributed by atoms with Crippen LogP contribution in [0.5, 0.6) is 5.75 Å². The zero-order valence-corrected chi connectivity index (χ0v) is 11.2. The molecule has 0 radical (unpaired) electrons. The van der Waals surface area contributed by atoms with Crippen LogP contribution in [-0.2, 0) is 10.0 Å². The summed E-state index contributed by atoms with van der Waals surface area (Å²) in [4.78, 5) is 0. The van der Waals surface area contributed by atoms with Gasteiger partial charge in [-0.15, -0.1) is 0 Å². The van der Waals surface area contributed by atoms with Crippen molar-refractivity contribution in [2.75, 3.05) is 24.2 Å². The maximum Gasteiger partial charge on any atom is 0.267 e. The SMILES string of the molecule is COc1ccc2c(c1)[C@H](C=C(F)F)CN2S(C)(=O)=O. The van der Waals surface area contributed by atoms with Gasteiger partial charge in [-0.25, -0.2) is 8.42 Å². The van der Waals surface area contributed by atoms with Crippen LogP contribution in [0.15, 0.2) is 30.4 Å². The fourth-order valence-corrected chi connectivity index (χ4v) is 3.12. The van der Waals surface area contributed by atoms with Crippen LogP contribution in [0.3, 0.4) is 0 Å². The summed E-state index contributed by atoms with van der Waals surface area (Å²) in [6.45, 7) is -0.0152. The van der Waals surface area contributed by atoms with Gasteiger partial charge in [-0.3, -0.25) is 4.31 Å². The summed E-state index contributed by atoms with van der Waals surface area (Å²) < 4.78 is 54.4. The topological polar surface area (TPSA) is 46.6 Å². The molecule has 2 rings (SSSR count). The van der Waals surface area contributed by atoms with Gasteiger partial charge in [-0.05, 0) is 29.8 Å². The Kier molecular flexibility index (Phi) is 3.49. The van der Waals surface area contributed by atoms with Gasteiger partial charge >= 0.3 is 0 Å². The van der Waals surface area contributed by atoms with Crippen molar-refractivity contribution in [2.24, 2.45) is 0 Å². The van der Waals surface area contributed by atoms with E-state index in [0.29, 0.717) is 17.0 Å². The lowest BCUT2D eigenvalue weighted by Gasteiger charge is -2.16. The molecule has 1 aromatic rings. The number of nitrogens with zero attached hydrogens (tertiary/aromatic N) is 1. The number of anilines is 1. The predicted molar refractivity (Wildman–Crippen MR) is 68.2 cm³/mol. The number of methoxy groups -OCH3 is 1. The Morgan fingerprint density at radius 1 is 1.47 bits per heavy atom. The van der Waals surface area contributed by atoms with E-state index in [9.17, 15) is 17.2 Å². The van der Waals surface area contributed by atoms with E-state index >= 15 is 0 Å². The van der Waals surface area contributed by atoms with Crippen LogP contribution in [0.25, 0.3) is 0 Å². The van der Waals surface area contributed by atoms with Crippen LogP contribution in [0.4, 0.5) is 14.5 Å². The molecule has 0 unspecified atom stereocenters. The lowest BCUT2D eigenvalue weighted by atomic mass is 10.0. The smallest absolute Gasteiger partial charge is 0.267 e. The lowest BCUT2D eigenvalue weighted by Crippen LogP contribution is -2.28. The highest BCUT2D eigenvalue weighted by atomic mass is 32.2. The third-order valence-corrected chi connectivity index (χ3v) is 4.14. The van der Waals surface area contributed by atoms with Crippen molar-refractivity contribution in [2.45, 2.75) is 5.92 Å². The Bertz CT molecular complexity index is 624. The number of sulfonamides is 1. The van der Waals surface area contributed by atoms with E-state index in [0.717, 1.165) is 16.6 Å². The minimum Gasteiger partial charge on any atom is -0.497 e. The first kappa shape index (κ1) is 13.8. The largest absolute Gasteiger partial charge is 0.497 e. The van der Waals surface area contributed by atoms with E-state index in [2.05, 4.69) is 0 Å². The number of halogens is 2. The van der Waals surface area contributed by atoms with E-state index in [-0.39, 0.29) is 6.54 Å². The van der Waals surface area contributed by atoms with Gasteiger partial charge in [0.1, 0.15) is 5.75 Å². The maximum atomic E-state index is 12.4. The van der Waals surface area contributed by atoms with E-state index in [1.807, 2.05) is 0 Å². The normalized spacial score (nSPS) is 18.1. The zero-order chi connectivity index (χ0) is 14.2. The molecule has 0 bridgehead atoms. The second-order valence-electron chi connectivity index (χ2n) is 4.28. The molecular weight excluding hydrogens is 276 g/mol. The summed E-state index contributed by atoms with van der Waals surface area (Å²) in [5, 5.41) is 0. The standard InChI is InChI=1S/C12H13F2NO3S/c1-18-9-3-4-11-10(6-9)8(5-12(13)14)7-15(11)19(2,16)17/h3-6,8H,7H2,1-2H3/t8-/m1/s1. The summed E-state index contributed by atoms with van der Waals surface area (Å²) in [5.74, 6) is -0.156. The minimum atomic E-state index is -3.49. The van der Waals surface area contributed by atoms with Crippen molar-refractivity contribution >= 4 is 15.7 Å². The molecular formula is C12H13F2NO3S. The van der Waals surface area contributed by atoms with Crippen molar-refractivity contribution in [3.8, 4) is 5.75 Å². The Labute approximate surface area is 110 Å². The van der Waals surface area contributed by atoms with Gasteiger partial charge in [0.05, 0.1) is 19.1 Å². The lowest BCUT2D eigenvalue weighted by molar-refractivity contribution is 0.412. The molecule has 0 amide bonds. The Hall–Kier alpha value is -1.63. The molecule has 1 aliphatic rings. The molecule has 0 saturated carbocycles. The Morgan fingerprint density at radius 2 is 2.16 bits per heavy atom. The quantitative estimate of drug-likeness (QED) is 0.858. The molecule has 0 fully saturated rings. The summed E-state index contributed by atoms with van der Waals surface area (Å²) >= 11 is 0. The van der Waals surface area contributed by atoms with Gasteiger partial charge in [0.15, 0.2) is 0 Å². The van der Waals surface area contributed by atoms with Gasteiger partial charge < -0.3 is 4.74 Å². The zero-order valence-electron chi connectivity index (χ0n) is 10.4. The Balaban J connectivity index is 2.55. The van der Waals surface area contributed by atoms with Gasteiger partial charge in [-0.1, -0.05) is 0 Å². The summed E-state index contributed by atoms with van der Waals surface area (Å²) in [6.07, 6.45) is -0.00310. The number of hydrogen-bond donors (Lipinski definition) is 0. The number of ether oxygens (including phenoxy) is 1. The highest BCUT2D eigenvalue weighted by Gasteiger charge is 2.33. The van der Waals surface area contributed by atoms with Crippen LogP contribution in [0, 0.1) is 0 Å². The third-order valence-electron chi connectivity index (χ3n) is 2.99. The highest BCUT2D eigenvalue weighted by Crippen LogP contribution is 2.41. The van der Waals surface area contributed by atoms with Gasteiger partial charge in [0, 0.05) is 12.5 Å². The molecule has 0 aromatic heterocycles. The predicted octanol–water partition coefficient (Wildman–Crippen LogP) is 2.34. The van der Waals surface area contributed by atoms with Crippen LogP contribution >= 0.6 is 0 Å². The minimum absolute atomic E-state index is 0.0152. The summed E-state index contributed by atoms with van der Waals surface area (Å²) in [5.41, 5.74) is 0.948. The number of hydrogen-bond acceptors (Lipinski definition) is 3. The molecule has 104 valence electrons. The maximum absolute atomic E-state index is 12.4. The fourth-order valence-electron chi connectivity index (χ4n) is 2.17. The molecule has 1 heterocycles. The van der Waals surface area contributed by atoms with Crippen LogP contribution in [0.2, 0.25) is 0 Å². The van der Waals surface area contributed by atoms with Crippen LogP contribution in [-0.4, -0.2) is 28.3 Å². The molecule has 0 saturated heterocycles. The van der Waals surface area contributed by atoms with E-state index in [4.69, 9.17) is 4.74 Å². The molecule has 0 aliphatic carbocycles.